The highest BCUT2D eigenvalue weighted by Crippen LogP contribution is 2.42. The van der Waals surface area contributed by atoms with Gasteiger partial charge >= 0.3 is 5.97 Å². The highest BCUT2D eigenvalue weighted by atomic mass is 16.5. The number of carbonyl (C=O) groups is 3. The molecule has 0 unspecified atom stereocenters. The van der Waals surface area contributed by atoms with Gasteiger partial charge in [0.05, 0.1) is 0 Å². The third kappa shape index (κ3) is 3.42. The van der Waals surface area contributed by atoms with Gasteiger partial charge in [0.1, 0.15) is 12.5 Å². The number of rotatable bonds is 10. The molecule has 1 aromatic carbocycles. The smallest absolute Gasteiger partial charge is 0.333 e. The van der Waals surface area contributed by atoms with E-state index in [-0.39, 0.29) is 32.0 Å². The monoisotopic (exact) mass is 344 g/mol. The maximum Gasteiger partial charge on any atom is 0.333 e. The Morgan fingerprint density at radius 1 is 1.32 bits per heavy atom. The van der Waals surface area contributed by atoms with Gasteiger partial charge in [-0.15, -0.1) is 0 Å². The van der Waals surface area contributed by atoms with Crippen LogP contribution in [0, 0.1) is 16.7 Å². The maximum atomic E-state index is 12.7. The first-order valence-corrected chi connectivity index (χ1v) is 7.81. The van der Waals surface area contributed by atoms with Gasteiger partial charge in [-0.05, 0) is 12.0 Å². The molecule has 1 aromatic rings. The Morgan fingerprint density at radius 2 is 2.04 bits per heavy atom. The van der Waals surface area contributed by atoms with Gasteiger partial charge in [0.2, 0.25) is 12.3 Å². The Morgan fingerprint density at radius 3 is 2.64 bits per heavy atom. The van der Waals surface area contributed by atoms with Crippen LogP contribution in [0.1, 0.15) is 12.0 Å². The van der Waals surface area contributed by atoms with E-state index in [2.05, 4.69) is 5.32 Å². The van der Waals surface area contributed by atoms with E-state index in [9.17, 15) is 14.4 Å². The Labute approximate surface area is 145 Å². The minimum atomic E-state index is -1.35. The molecule has 8 heteroatoms. The van der Waals surface area contributed by atoms with E-state index in [1.54, 1.807) is 0 Å². The third-order valence-electron chi connectivity index (χ3n) is 4.26. The summed E-state index contributed by atoms with van der Waals surface area (Å²) < 4.78 is 5.08. The molecule has 1 aliphatic rings. The molecule has 2 atom stereocenters. The molecule has 1 fully saturated rings. The number of β-lactam (4-membered cyclic amide) rings is 1. The standard InChI is InChI=1S/C17H20N4O4/c18-7-9-25-16(24)17(6-8-20-12-22)14(10-19)15(23)21(17)11-13-4-2-1-3-5-13/h1-5,7,10,12,14,18-19H,6,8-9,11H2,(H,20,22)/t14-,17+/m0/s1. The molecular weight excluding hydrogens is 324 g/mol. The summed E-state index contributed by atoms with van der Waals surface area (Å²) in [6.07, 6.45) is 2.52. The molecule has 1 saturated heterocycles. The van der Waals surface area contributed by atoms with E-state index in [0.29, 0.717) is 6.41 Å². The van der Waals surface area contributed by atoms with Crippen molar-refractivity contribution in [3.63, 3.8) is 0 Å². The van der Waals surface area contributed by atoms with Crippen molar-refractivity contribution in [1.82, 2.24) is 10.2 Å². The van der Waals surface area contributed by atoms with Crippen molar-refractivity contribution < 1.29 is 19.1 Å². The summed E-state index contributed by atoms with van der Waals surface area (Å²) in [5.74, 6) is -1.95. The number of nitrogens with one attached hydrogen (secondary N) is 3. The lowest BCUT2D eigenvalue weighted by atomic mass is 9.70. The fraction of sp³-hybridized carbons (Fsp3) is 0.353. The van der Waals surface area contributed by atoms with Crippen molar-refractivity contribution in [3.8, 4) is 0 Å². The van der Waals surface area contributed by atoms with Crippen LogP contribution in [-0.2, 0) is 25.7 Å². The van der Waals surface area contributed by atoms with Gasteiger partial charge in [-0.2, -0.15) is 0 Å². The fourth-order valence-electron chi connectivity index (χ4n) is 3.06. The zero-order chi connectivity index (χ0) is 18.3. The first-order valence-electron chi connectivity index (χ1n) is 7.81. The molecule has 0 bridgehead atoms. The highest BCUT2D eigenvalue weighted by molar-refractivity contribution is 6.09. The second-order valence-corrected chi connectivity index (χ2v) is 5.60. The number of nitrogens with zero attached hydrogens (tertiary/aromatic N) is 1. The predicted octanol–water partition coefficient (Wildman–Crippen LogP) is 0.362. The molecule has 8 nitrogen and oxygen atoms in total. The normalized spacial score (nSPS) is 21.8. The van der Waals surface area contributed by atoms with Crippen molar-refractivity contribution in [2.75, 3.05) is 13.2 Å². The summed E-state index contributed by atoms with van der Waals surface area (Å²) in [5.41, 5.74) is -0.514. The van der Waals surface area contributed by atoms with Crippen LogP contribution in [-0.4, -0.2) is 54.3 Å². The largest absolute Gasteiger partial charge is 0.458 e. The summed E-state index contributed by atoms with van der Waals surface area (Å²) in [6, 6.07) is 9.18. The molecular formula is C17H20N4O4. The molecule has 0 aromatic heterocycles. The molecule has 132 valence electrons. The number of hydrogen-bond acceptors (Lipinski definition) is 6. The van der Waals surface area contributed by atoms with Crippen LogP contribution in [0.3, 0.4) is 0 Å². The summed E-state index contributed by atoms with van der Waals surface area (Å²) in [4.78, 5) is 37.1. The molecule has 2 rings (SSSR count). The topological polar surface area (TPSA) is 123 Å². The molecule has 0 saturated carbocycles. The maximum absolute atomic E-state index is 12.7. The number of hydrogen-bond donors (Lipinski definition) is 3. The van der Waals surface area contributed by atoms with Gasteiger partial charge in [0.15, 0.2) is 5.54 Å². The Balaban J connectivity index is 2.32. The fourth-order valence-corrected chi connectivity index (χ4v) is 3.06. The van der Waals surface area contributed by atoms with Crippen LogP contribution in [0.4, 0.5) is 0 Å². The van der Waals surface area contributed by atoms with E-state index in [1.165, 1.54) is 4.90 Å². The van der Waals surface area contributed by atoms with Gasteiger partial charge in [0, 0.05) is 25.5 Å². The summed E-state index contributed by atoms with van der Waals surface area (Å²) in [7, 11) is 0. The molecule has 3 N–H and O–H groups in total. The van der Waals surface area contributed by atoms with Gasteiger partial charge in [-0.3, -0.25) is 9.59 Å². The second-order valence-electron chi connectivity index (χ2n) is 5.60. The minimum Gasteiger partial charge on any atom is -0.458 e. The predicted molar refractivity (Wildman–Crippen MR) is 90.4 cm³/mol. The third-order valence-corrected chi connectivity index (χ3v) is 4.26. The lowest BCUT2D eigenvalue weighted by Crippen LogP contribution is -2.75. The number of likely N-dealkylation sites (tertiary alicyclic amines) is 1. The average Bonchev–Trinajstić information content (AvgIpc) is 2.64. The molecule has 0 radical (unpaired) electrons. The van der Waals surface area contributed by atoms with Crippen LogP contribution in [0.2, 0.25) is 0 Å². The van der Waals surface area contributed by atoms with Crippen LogP contribution in [0.25, 0.3) is 0 Å². The summed E-state index contributed by atoms with van der Waals surface area (Å²) in [6.45, 7) is 0.149. The van der Waals surface area contributed by atoms with Gasteiger partial charge in [0.25, 0.3) is 0 Å². The van der Waals surface area contributed by atoms with E-state index in [4.69, 9.17) is 15.6 Å². The van der Waals surface area contributed by atoms with Gasteiger partial charge in [-0.1, -0.05) is 30.3 Å². The van der Waals surface area contributed by atoms with Crippen molar-refractivity contribution in [1.29, 1.82) is 10.8 Å². The van der Waals surface area contributed by atoms with Crippen molar-refractivity contribution >= 4 is 30.7 Å². The second kappa shape index (κ2) is 8.18. The van der Waals surface area contributed by atoms with E-state index in [0.717, 1.165) is 18.0 Å². The number of ether oxygens (including phenoxy) is 1. The summed E-state index contributed by atoms with van der Waals surface area (Å²) >= 11 is 0. The number of amides is 2. The summed E-state index contributed by atoms with van der Waals surface area (Å²) in [5, 5.41) is 17.1. The Hall–Kier alpha value is -3.03. The number of carbonyl (C=O) groups excluding carboxylic acids is 3. The average molecular weight is 344 g/mol. The minimum absolute atomic E-state index is 0.126. The molecule has 25 heavy (non-hydrogen) atoms. The van der Waals surface area contributed by atoms with Crippen molar-refractivity contribution in [2.24, 2.45) is 5.92 Å². The van der Waals surface area contributed by atoms with Crippen LogP contribution in [0.5, 0.6) is 0 Å². The zero-order valence-corrected chi connectivity index (χ0v) is 13.6. The Bertz CT molecular complexity index is 664. The molecule has 1 heterocycles. The van der Waals surface area contributed by atoms with Crippen molar-refractivity contribution in [3.05, 3.63) is 35.9 Å². The lowest BCUT2D eigenvalue weighted by molar-refractivity contribution is -0.186. The number of esters is 1. The molecule has 0 spiro atoms. The lowest BCUT2D eigenvalue weighted by Gasteiger charge is -2.54. The first kappa shape index (κ1) is 18.3. The SMILES string of the molecule is N=CCOC(=O)[C@@]1(CCNC=O)[C@@H](C=N)C(=O)N1Cc1ccccc1. The zero-order valence-electron chi connectivity index (χ0n) is 13.6. The van der Waals surface area contributed by atoms with Crippen LogP contribution in [0.15, 0.2) is 30.3 Å². The Kier molecular flexibility index (Phi) is 5.99. The molecule has 0 aliphatic carbocycles. The first-order chi connectivity index (χ1) is 12.1. The van der Waals surface area contributed by atoms with E-state index < -0.39 is 17.4 Å². The van der Waals surface area contributed by atoms with Gasteiger partial charge in [-0.25, -0.2) is 4.79 Å². The molecule has 1 aliphatic heterocycles. The van der Waals surface area contributed by atoms with E-state index >= 15 is 0 Å². The van der Waals surface area contributed by atoms with E-state index in [1.807, 2.05) is 30.3 Å². The quantitative estimate of drug-likeness (QED) is 0.186. The van der Waals surface area contributed by atoms with Crippen molar-refractivity contribution in [2.45, 2.75) is 18.5 Å². The van der Waals surface area contributed by atoms with Crippen LogP contribution < -0.4 is 5.32 Å². The highest BCUT2D eigenvalue weighted by Gasteiger charge is 2.64. The molecule has 2 amide bonds. The number of benzene rings is 1. The van der Waals surface area contributed by atoms with Gasteiger partial charge < -0.3 is 25.8 Å². The van der Waals surface area contributed by atoms with Crippen LogP contribution >= 0.6 is 0 Å².